The maximum Gasteiger partial charge on any atom is 0.371 e. The third-order valence-electron chi connectivity index (χ3n) is 3.37. The van der Waals surface area contributed by atoms with E-state index in [-0.39, 0.29) is 17.6 Å². The molecule has 122 valence electrons. The van der Waals surface area contributed by atoms with Crippen LogP contribution in [0, 0.1) is 6.92 Å². The van der Waals surface area contributed by atoms with Crippen LogP contribution < -0.4 is 10.1 Å². The van der Waals surface area contributed by atoms with E-state index in [4.69, 9.17) is 14.3 Å². The molecule has 2 aromatic rings. The van der Waals surface area contributed by atoms with E-state index in [9.17, 15) is 9.59 Å². The molecular formula is C17H19NO5. The molecule has 23 heavy (non-hydrogen) atoms. The number of aryl methyl sites for hydroxylation is 1. The molecule has 0 radical (unpaired) electrons. The summed E-state index contributed by atoms with van der Waals surface area (Å²) in [6, 6.07) is 10.2. The zero-order chi connectivity index (χ0) is 16.8. The Hall–Kier alpha value is -2.76. The number of hydrogen-bond donors (Lipinski definition) is 2. The fourth-order valence-electron chi connectivity index (χ4n) is 2.01. The van der Waals surface area contributed by atoms with Gasteiger partial charge < -0.3 is 19.6 Å². The molecule has 0 saturated heterocycles. The summed E-state index contributed by atoms with van der Waals surface area (Å²) in [4.78, 5) is 22.7. The number of carbonyl (C=O) groups excluding carboxylic acids is 1. The second-order valence-corrected chi connectivity index (χ2v) is 5.09. The SMILES string of the molecule is CCC(CNC(=O)c1ccc(C(=O)O)o1)Oc1ccccc1C. The third-order valence-corrected chi connectivity index (χ3v) is 3.37. The molecule has 0 aliphatic carbocycles. The number of aromatic carboxylic acids is 1. The summed E-state index contributed by atoms with van der Waals surface area (Å²) in [5.41, 5.74) is 1.02. The van der Waals surface area contributed by atoms with E-state index in [1.807, 2.05) is 38.1 Å². The van der Waals surface area contributed by atoms with Gasteiger partial charge in [0.2, 0.25) is 5.76 Å². The normalized spacial score (nSPS) is 11.7. The highest BCUT2D eigenvalue weighted by atomic mass is 16.5. The van der Waals surface area contributed by atoms with Crippen molar-refractivity contribution in [2.75, 3.05) is 6.54 Å². The van der Waals surface area contributed by atoms with Crippen LogP contribution in [-0.2, 0) is 0 Å². The van der Waals surface area contributed by atoms with E-state index in [0.717, 1.165) is 11.3 Å². The van der Waals surface area contributed by atoms with Crippen molar-refractivity contribution in [2.24, 2.45) is 0 Å². The van der Waals surface area contributed by atoms with E-state index in [0.29, 0.717) is 13.0 Å². The first-order valence-corrected chi connectivity index (χ1v) is 7.35. The number of furan rings is 1. The summed E-state index contributed by atoms with van der Waals surface area (Å²) in [7, 11) is 0. The molecule has 0 fully saturated rings. The van der Waals surface area contributed by atoms with Gasteiger partial charge >= 0.3 is 5.97 Å². The third kappa shape index (κ3) is 4.35. The lowest BCUT2D eigenvalue weighted by Crippen LogP contribution is -2.35. The number of carbonyl (C=O) groups is 2. The highest BCUT2D eigenvalue weighted by Crippen LogP contribution is 2.18. The molecule has 0 aliphatic rings. The Kier molecular flexibility index (Phi) is 5.41. The Morgan fingerprint density at radius 3 is 2.52 bits per heavy atom. The standard InChI is InChI=1S/C17H19NO5/c1-3-12(22-13-7-5-4-6-11(13)2)10-18-16(19)14-8-9-15(23-14)17(20)21/h4-9,12H,3,10H2,1-2H3,(H,18,19)(H,20,21). The number of ether oxygens (including phenoxy) is 1. The first kappa shape index (κ1) is 16.6. The number of nitrogens with one attached hydrogen (secondary N) is 1. The second-order valence-electron chi connectivity index (χ2n) is 5.09. The minimum absolute atomic E-state index is 0.0341. The van der Waals surface area contributed by atoms with Gasteiger partial charge in [0, 0.05) is 0 Å². The van der Waals surface area contributed by atoms with Crippen molar-refractivity contribution in [3.8, 4) is 5.75 Å². The van der Waals surface area contributed by atoms with Crippen molar-refractivity contribution >= 4 is 11.9 Å². The van der Waals surface area contributed by atoms with Crippen molar-refractivity contribution in [2.45, 2.75) is 26.4 Å². The highest BCUT2D eigenvalue weighted by molar-refractivity contribution is 5.93. The number of rotatable bonds is 7. The van der Waals surface area contributed by atoms with Gasteiger partial charge in [-0.1, -0.05) is 25.1 Å². The van der Waals surface area contributed by atoms with Crippen molar-refractivity contribution in [3.05, 3.63) is 53.5 Å². The van der Waals surface area contributed by atoms with Crippen LogP contribution in [0.1, 0.15) is 40.0 Å². The second kappa shape index (κ2) is 7.49. The van der Waals surface area contributed by atoms with Crippen LogP contribution >= 0.6 is 0 Å². The van der Waals surface area contributed by atoms with Crippen molar-refractivity contribution < 1.29 is 23.8 Å². The number of carboxylic acid groups (broad SMARTS) is 1. The summed E-state index contributed by atoms with van der Waals surface area (Å²) in [5.74, 6) is -1.20. The Balaban J connectivity index is 1.93. The average Bonchev–Trinajstić information content (AvgIpc) is 3.03. The Morgan fingerprint density at radius 1 is 1.22 bits per heavy atom. The zero-order valence-electron chi connectivity index (χ0n) is 13.0. The fourth-order valence-corrected chi connectivity index (χ4v) is 2.01. The molecule has 1 unspecified atom stereocenters. The first-order chi connectivity index (χ1) is 11.0. The van der Waals surface area contributed by atoms with Crippen LogP contribution in [0.4, 0.5) is 0 Å². The molecule has 1 aromatic carbocycles. The molecule has 2 rings (SSSR count). The molecule has 0 spiro atoms. The van der Waals surface area contributed by atoms with E-state index in [1.54, 1.807) is 0 Å². The van der Waals surface area contributed by atoms with Gasteiger partial charge in [-0.05, 0) is 37.1 Å². The van der Waals surface area contributed by atoms with Gasteiger partial charge in [0.1, 0.15) is 11.9 Å². The van der Waals surface area contributed by atoms with Crippen LogP contribution in [0.25, 0.3) is 0 Å². The van der Waals surface area contributed by atoms with E-state index >= 15 is 0 Å². The molecular weight excluding hydrogens is 298 g/mol. The minimum atomic E-state index is -1.21. The molecule has 6 heteroatoms. The lowest BCUT2D eigenvalue weighted by atomic mass is 10.2. The minimum Gasteiger partial charge on any atom is -0.488 e. The molecule has 0 aliphatic heterocycles. The number of carboxylic acids is 1. The summed E-state index contributed by atoms with van der Waals surface area (Å²) < 4.78 is 10.8. The van der Waals surface area contributed by atoms with Crippen LogP contribution in [0.2, 0.25) is 0 Å². The summed E-state index contributed by atoms with van der Waals surface area (Å²) in [6.07, 6.45) is 0.529. The number of benzene rings is 1. The van der Waals surface area contributed by atoms with Gasteiger partial charge in [-0.3, -0.25) is 4.79 Å². The molecule has 1 heterocycles. The van der Waals surface area contributed by atoms with E-state index in [2.05, 4.69) is 5.32 Å². The van der Waals surface area contributed by atoms with Crippen molar-refractivity contribution in [3.63, 3.8) is 0 Å². The van der Waals surface area contributed by atoms with E-state index < -0.39 is 11.9 Å². The monoisotopic (exact) mass is 317 g/mol. The zero-order valence-corrected chi connectivity index (χ0v) is 13.0. The molecule has 0 saturated carbocycles. The lowest BCUT2D eigenvalue weighted by molar-refractivity contribution is 0.0659. The number of hydrogen-bond acceptors (Lipinski definition) is 4. The van der Waals surface area contributed by atoms with Gasteiger partial charge in [0.25, 0.3) is 5.91 Å². The Labute approximate surface area is 134 Å². The van der Waals surface area contributed by atoms with Gasteiger partial charge in [-0.2, -0.15) is 0 Å². The predicted octanol–water partition coefficient (Wildman–Crippen LogP) is 2.87. The molecule has 2 N–H and O–H groups in total. The topological polar surface area (TPSA) is 88.8 Å². The largest absolute Gasteiger partial charge is 0.488 e. The predicted molar refractivity (Wildman–Crippen MR) is 83.9 cm³/mol. The van der Waals surface area contributed by atoms with Crippen LogP contribution in [-0.4, -0.2) is 29.6 Å². The van der Waals surface area contributed by atoms with Gasteiger partial charge in [-0.25, -0.2) is 4.79 Å². The molecule has 1 amide bonds. The van der Waals surface area contributed by atoms with Crippen molar-refractivity contribution in [1.29, 1.82) is 0 Å². The summed E-state index contributed by atoms with van der Waals surface area (Å²) >= 11 is 0. The number of para-hydroxylation sites is 1. The Bertz CT molecular complexity index is 692. The molecule has 1 atom stereocenters. The van der Waals surface area contributed by atoms with Crippen LogP contribution in [0.15, 0.2) is 40.8 Å². The molecule has 1 aromatic heterocycles. The number of amides is 1. The smallest absolute Gasteiger partial charge is 0.371 e. The maximum absolute atomic E-state index is 12.0. The quantitative estimate of drug-likeness (QED) is 0.819. The van der Waals surface area contributed by atoms with Crippen LogP contribution in [0.5, 0.6) is 5.75 Å². The van der Waals surface area contributed by atoms with E-state index in [1.165, 1.54) is 12.1 Å². The van der Waals surface area contributed by atoms with Crippen molar-refractivity contribution in [1.82, 2.24) is 5.32 Å². The molecule has 6 nitrogen and oxygen atoms in total. The fraction of sp³-hybridized carbons (Fsp3) is 0.294. The average molecular weight is 317 g/mol. The summed E-state index contributed by atoms with van der Waals surface area (Å²) in [6.45, 7) is 4.22. The highest BCUT2D eigenvalue weighted by Gasteiger charge is 2.17. The maximum atomic E-state index is 12.0. The van der Waals surface area contributed by atoms with Gasteiger partial charge in [0.15, 0.2) is 5.76 Å². The van der Waals surface area contributed by atoms with Gasteiger partial charge in [0.05, 0.1) is 6.54 Å². The van der Waals surface area contributed by atoms with Gasteiger partial charge in [-0.15, -0.1) is 0 Å². The molecule has 0 bridgehead atoms. The summed E-state index contributed by atoms with van der Waals surface area (Å²) in [5, 5.41) is 11.5. The lowest BCUT2D eigenvalue weighted by Gasteiger charge is -2.19. The Morgan fingerprint density at radius 2 is 1.91 bits per heavy atom. The van der Waals surface area contributed by atoms with Crippen LogP contribution in [0.3, 0.4) is 0 Å². The first-order valence-electron chi connectivity index (χ1n) is 7.35.